The molecule has 0 aliphatic carbocycles. The number of para-hydroxylation sites is 2. The molecule has 0 spiro atoms. The number of anilines is 3. The average molecular weight is 300 g/mol. The van der Waals surface area contributed by atoms with Crippen molar-refractivity contribution in [2.75, 3.05) is 16.8 Å². The van der Waals surface area contributed by atoms with E-state index in [1.807, 2.05) is 39.9 Å². The first-order valence-corrected chi connectivity index (χ1v) is 8.49. The summed E-state index contributed by atoms with van der Waals surface area (Å²) in [6.07, 6.45) is 4.66. The number of fused-ring (bicyclic) bond motifs is 2. The molecule has 3 nitrogen and oxygen atoms in total. The van der Waals surface area contributed by atoms with Crippen LogP contribution >= 0.6 is 11.3 Å². The number of hydrogen-bond acceptors (Lipinski definition) is 3. The Morgan fingerprint density at radius 3 is 2.81 bits per heavy atom. The molecular weight excluding hydrogens is 280 g/mol. The van der Waals surface area contributed by atoms with Crippen LogP contribution in [0.5, 0.6) is 0 Å². The quantitative estimate of drug-likeness (QED) is 0.785. The van der Waals surface area contributed by atoms with Crippen molar-refractivity contribution in [2.24, 2.45) is 0 Å². The molecular formula is C17H20N2OS. The number of nitrogens with one attached hydrogen (secondary N) is 1. The predicted octanol–water partition coefficient (Wildman–Crippen LogP) is 5.03. The highest BCUT2D eigenvalue weighted by molar-refractivity contribution is 7.08. The normalized spacial score (nSPS) is 13.4. The largest absolute Gasteiger partial charge is 0.352 e. The molecule has 0 radical (unpaired) electrons. The third kappa shape index (κ3) is 2.81. The topological polar surface area (TPSA) is 32.3 Å². The van der Waals surface area contributed by atoms with Crippen LogP contribution in [0.1, 0.15) is 43.0 Å². The summed E-state index contributed by atoms with van der Waals surface area (Å²) in [4.78, 5) is 14.7. The fraction of sp³-hybridized carbons (Fsp3) is 0.353. The Morgan fingerprint density at radius 1 is 1.10 bits per heavy atom. The molecule has 0 unspecified atom stereocenters. The predicted molar refractivity (Wildman–Crippen MR) is 89.9 cm³/mol. The van der Waals surface area contributed by atoms with Gasteiger partial charge < -0.3 is 10.2 Å². The Morgan fingerprint density at radius 2 is 1.95 bits per heavy atom. The molecule has 4 heteroatoms. The molecule has 1 N–H and O–H groups in total. The molecule has 0 bridgehead atoms. The molecule has 1 aliphatic rings. The number of rotatable bonds is 5. The molecule has 0 saturated carbocycles. The van der Waals surface area contributed by atoms with Crippen molar-refractivity contribution >= 4 is 34.3 Å². The van der Waals surface area contributed by atoms with Crippen LogP contribution in [-0.4, -0.2) is 12.5 Å². The minimum absolute atomic E-state index is 0.111. The maximum atomic E-state index is 12.8. The number of benzene rings is 1. The molecule has 0 saturated heterocycles. The van der Waals surface area contributed by atoms with E-state index in [1.165, 1.54) is 19.3 Å². The van der Waals surface area contributed by atoms with Gasteiger partial charge in [0, 0.05) is 17.3 Å². The zero-order chi connectivity index (χ0) is 14.7. The Bertz CT molecular complexity index is 635. The van der Waals surface area contributed by atoms with Gasteiger partial charge in [-0.15, -0.1) is 11.3 Å². The van der Waals surface area contributed by atoms with Gasteiger partial charge in [0.1, 0.15) is 0 Å². The molecule has 2 aromatic rings. The third-order valence-corrected chi connectivity index (χ3v) is 4.58. The first-order valence-electron chi connectivity index (χ1n) is 7.55. The maximum absolute atomic E-state index is 12.8. The highest BCUT2D eigenvalue weighted by Crippen LogP contribution is 2.37. The standard InChI is InChI=1S/C17H20N2OS/c1-2-3-4-7-10-19-16-9-6-5-8-14(16)18-15-12-21-11-13(15)17(19)20/h5-6,8-9,11-12,18H,2-4,7,10H2,1H3. The van der Waals surface area contributed by atoms with E-state index < -0.39 is 0 Å². The molecule has 110 valence electrons. The molecule has 1 aromatic carbocycles. The van der Waals surface area contributed by atoms with Crippen LogP contribution in [0, 0.1) is 0 Å². The van der Waals surface area contributed by atoms with Crippen molar-refractivity contribution in [2.45, 2.75) is 32.6 Å². The Labute approximate surface area is 129 Å². The smallest absolute Gasteiger partial charge is 0.261 e. The van der Waals surface area contributed by atoms with E-state index in [9.17, 15) is 4.79 Å². The summed E-state index contributed by atoms with van der Waals surface area (Å²) >= 11 is 1.57. The Hall–Kier alpha value is -1.81. The summed E-state index contributed by atoms with van der Waals surface area (Å²) in [6.45, 7) is 2.99. The summed E-state index contributed by atoms with van der Waals surface area (Å²) < 4.78 is 0. The highest BCUT2D eigenvalue weighted by Gasteiger charge is 2.26. The van der Waals surface area contributed by atoms with Crippen molar-refractivity contribution in [1.29, 1.82) is 0 Å². The van der Waals surface area contributed by atoms with Crippen molar-refractivity contribution in [3.63, 3.8) is 0 Å². The van der Waals surface area contributed by atoms with Crippen LogP contribution in [0.15, 0.2) is 35.0 Å². The first-order chi connectivity index (χ1) is 10.3. The molecule has 1 amide bonds. The van der Waals surface area contributed by atoms with E-state index in [0.29, 0.717) is 0 Å². The first kappa shape index (κ1) is 14.1. The van der Waals surface area contributed by atoms with Crippen molar-refractivity contribution < 1.29 is 4.79 Å². The van der Waals surface area contributed by atoms with Crippen molar-refractivity contribution in [3.05, 3.63) is 40.6 Å². The van der Waals surface area contributed by atoms with Gasteiger partial charge in [-0.05, 0) is 18.6 Å². The SMILES string of the molecule is CCCCCCN1C(=O)c2cscc2Nc2ccccc21. The van der Waals surface area contributed by atoms with Crippen LogP contribution in [-0.2, 0) is 0 Å². The summed E-state index contributed by atoms with van der Waals surface area (Å²) in [7, 11) is 0. The Balaban J connectivity index is 1.91. The zero-order valence-electron chi connectivity index (χ0n) is 12.3. The van der Waals surface area contributed by atoms with Crippen LogP contribution in [0.25, 0.3) is 0 Å². The van der Waals surface area contributed by atoms with Crippen LogP contribution in [0.2, 0.25) is 0 Å². The lowest BCUT2D eigenvalue weighted by atomic mass is 10.1. The monoisotopic (exact) mass is 300 g/mol. The summed E-state index contributed by atoms with van der Waals surface area (Å²) in [6, 6.07) is 8.05. The minimum atomic E-state index is 0.111. The fourth-order valence-electron chi connectivity index (χ4n) is 2.69. The van der Waals surface area contributed by atoms with Gasteiger partial charge in [-0.1, -0.05) is 38.3 Å². The molecule has 21 heavy (non-hydrogen) atoms. The zero-order valence-corrected chi connectivity index (χ0v) is 13.1. The van der Waals surface area contributed by atoms with Crippen LogP contribution in [0.3, 0.4) is 0 Å². The van der Waals surface area contributed by atoms with E-state index in [2.05, 4.69) is 12.2 Å². The number of hydrogen-bond donors (Lipinski definition) is 1. The molecule has 1 aromatic heterocycles. The van der Waals surface area contributed by atoms with Gasteiger partial charge in [0.05, 0.1) is 22.6 Å². The third-order valence-electron chi connectivity index (χ3n) is 3.84. The summed E-state index contributed by atoms with van der Waals surface area (Å²) in [5.74, 6) is 0.111. The van der Waals surface area contributed by atoms with Gasteiger partial charge in [-0.25, -0.2) is 0 Å². The lowest BCUT2D eigenvalue weighted by molar-refractivity contribution is 0.0988. The second kappa shape index (κ2) is 6.31. The molecule has 1 aliphatic heterocycles. The van der Waals surface area contributed by atoms with Crippen molar-refractivity contribution in [1.82, 2.24) is 0 Å². The number of unbranched alkanes of at least 4 members (excludes halogenated alkanes) is 3. The second-order valence-electron chi connectivity index (χ2n) is 5.36. The lowest BCUT2D eigenvalue weighted by Gasteiger charge is -2.22. The van der Waals surface area contributed by atoms with Crippen LogP contribution in [0.4, 0.5) is 17.1 Å². The molecule has 0 atom stereocenters. The van der Waals surface area contributed by atoms with Gasteiger partial charge in [-0.2, -0.15) is 0 Å². The van der Waals surface area contributed by atoms with Crippen LogP contribution < -0.4 is 10.2 Å². The van der Waals surface area contributed by atoms with E-state index in [4.69, 9.17) is 0 Å². The number of amides is 1. The van der Waals surface area contributed by atoms with Gasteiger partial charge in [0.15, 0.2) is 0 Å². The minimum Gasteiger partial charge on any atom is -0.352 e. The van der Waals surface area contributed by atoms with Gasteiger partial charge in [0.2, 0.25) is 0 Å². The number of carbonyl (C=O) groups is 1. The Kier molecular flexibility index (Phi) is 4.25. The van der Waals surface area contributed by atoms with E-state index >= 15 is 0 Å². The number of nitrogens with zero attached hydrogens (tertiary/aromatic N) is 1. The summed E-state index contributed by atoms with van der Waals surface area (Å²) in [5.41, 5.74) is 3.71. The molecule has 3 rings (SSSR count). The van der Waals surface area contributed by atoms with Gasteiger partial charge >= 0.3 is 0 Å². The second-order valence-corrected chi connectivity index (χ2v) is 6.10. The van der Waals surface area contributed by atoms with E-state index in [-0.39, 0.29) is 5.91 Å². The van der Waals surface area contributed by atoms with Gasteiger partial charge in [0.25, 0.3) is 5.91 Å². The van der Waals surface area contributed by atoms with E-state index in [1.54, 1.807) is 11.3 Å². The molecule has 2 heterocycles. The van der Waals surface area contributed by atoms with Gasteiger partial charge in [-0.3, -0.25) is 4.79 Å². The number of carbonyl (C=O) groups excluding carboxylic acids is 1. The van der Waals surface area contributed by atoms with E-state index in [0.717, 1.165) is 35.6 Å². The highest BCUT2D eigenvalue weighted by atomic mass is 32.1. The summed E-state index contributed by atoms with van der Waals surface area (Å²) in [5, 5.41) is 7.34. The van der Waals surface area contributed by atoms with Crippen molar-refractivity contribution in [3.8, 4) is 0 Å². The number of thiophene rings is 1. The lowest BCUT2D eigenvalue weighted by Crippen LogP contribution is -2.31. The molecule has 0 fully saturated rings. The fourth-order valence-corrected chi connectivity index (χ4v) is 3.45. The maximum Gasteiger partial charge on any atom is 0.261 e. The average Bonchev–Trinajstić information content (AvgIpc) is 2.92.